The molecule has 0 bridgehead atoms. The summed E-state index contributed by atoms with van der Waals surface area (Å²) in [4.78, 5) is 27.0. The monoisotopic (exact) mass is 399 g/mol. The minimum absolute atomic E-state index is 0.0728. The normalized spacial score (nSPS) is 20.9. The second-order valence-electron chi connectivity index (χ2n) is 6.93. The molecule has 1 atom stereocenters. The van der Waals surface area contributed by atoms with Crippen molar-refractivity contribution >= 4 is 27.5 Å². The molecule has 1 N–H and O–H groups in total. The summed E-state index contributed by atoms with van der Waals surface area (Å²) in [5.74, 6) is -0.684. The Morgan fingerprint density at radius 1 is 1.07 bits per heavy atom. The molecule has 0 spiro atoms. The summed E-state index contributed by atoms with van der Waals surface area (Å²) >= 11 is 0. The highest BCUT2D eigenvalue weighted by Crippen LogP contribution is 2.36. The number of rotatable bonds is 4. The van der Waals surface area contributed by atoms with Crippen molar-refractivity contribution in [3.8, 4) is 0 Å². The van der Waals surface area contributed by atoms with Crippen LogP contribution in [-0.4, -0.2) is 43.7 Å². The van der Waals surface area contributed by atoms with Crippen LogP contribution < -0.4 is 10.2 Å². The molecule has 1 saturated heterocycles. The number of sulfonamides is 1. The van der Waals surface area contributed by atoms with Gasteiger partial charge in [-0.2, -0.15) is 4.31 Å². The molecule has 28 heavy (non-hydrogen) atoms. The number of fused-ring (bicyclic) bond motifs is 2. The number of benzene rings is 2. The lowest BCUT2D eigenvalue weighted by atomic mass is 10.1. The minimum atomic E-state index is -3.77. The van der Waals surface area contributed by atoms with Crippen LogP contribution in [0.3, 0.4) is 0 Å². The van der Waals surface area contributed by atoms with E-state index in [0.717, 1.165) is 5.56 Å². The Bertz CT molecular complexity index is 1010. The molecule has 7 nitrogen and oxygen atoms in total. The Hall–Kier alpha value is -2.71. The summed E-state index contributed by atoms with van der Waals surface area (Å²) < 4.78 is 27.4. The topological polar surface area (TPSA) is 86.8 Å². The SMILES string of the molecule is O=C(CN1C(=O)C2CCCN2S(=O)(=O)c2ccccc21)NCc1ccccc1. The Balaban J connectivity index is 1.61. The molecule has 1 unspecified atom stereocenters. The molecular weight excluding hydrogens is 378 g/mol. The van der Waals surface area contributed by atoms with Gasteiger partial charge in [-0.3, -0.25) is 9.59 Å². The predicted molar refractivity (Wildman–Crippen MR) is 104 cm³/mol. The van der Waals surface area contributed by atoms with Gasteiger partial charge in [0.1, 0.15) is 17.5 Å². The van der Waals surface area contributed by atoms with E-state index in [0.29, 0.717) is 25.9 Å². The van der Waals surface area contributed by atoms with Crippen LogP contribution in [0.15, 0.2) is 59.5 Å². The molecule has 0 aromatic heterocycles. The van der Waals surface area contributed by atoms with Crippen LogP contribution in [0, 0.1) is 0 Å². The fraction of sp³-hybridized carbons (Fsp3) is 0.300. The third-order valence-corrected chi connectivity index (χ3v) is 7.09. The van der Waals surface area contributed by atoms with Crippen LogP contribution >= 0.6 is 0 Å². The zero-order valence-corrected chi connectivity index (χ0v) is 16.1. The standard InChI is InChI=1S/C20H21N3O4S/c24-19(21-13-15-7-2-1-3-8-15)14-22-16-9-4-5-11-18(16)28(26,27)23-12-6-10-17(23)20(22)25/h1-5,7-9,11,17H,6,10,12-14H2,(H,21,24). The third kappa shape index (κ3) is 3.29. The van der Waals surface area contributed by atoms with Gasteiger partial charge < -0.3 is 10.2 Å². The smallest absolute Gasteiger partial charge is 0.245 e. The van der Waals surface area contributed by atoms with Gasteiger partial charge >= 0.3 is 0 Å². The molecule has 4 rings (SSSR count). The molecule has 0 saturated carbocycles. The van der Waals surface area contributed by atoms with Crippen molar-refractivity contribution in [3.63, 3.8) is 0 Å². The van der Waals surface area contributed by atoms with Gasteiger partial charge in [0, 0.05) is 13.1 Å². The molecular formula is C20H21N3O4S. The molecule has 1 fully saturated rings. The Labute approximate surface area is 164 Å². The van der Waals surface area contributed by atoms with Gasteiger partial charge in [-0.1, -0.05) is 42.5 Å². The van der Waals surface area contributed by atoms with Crippen molar-refractivity contribution in [2.24, 2.45) is 0 Å². The number of nitrogens with one attached hydrogen (secondary N) is 1. The van der Waals surface area contributed by atoms with Crippen LogP contribution in [0.25, 0.3) is 0 Å². The summed E-state index contributed by atoms with van der Waals surface area (Å²) in [6, 6.07) is 15.1. The average molecular weight is 399 g/mol. The van der Waals surface area contributed by atoms with E-state index in [1.54, 1.807) is 18.2 Å². The second kappa shape index (κ2) is 7.37. The van der Waals surface area contributed by atoms with Crippen molar-refractivity contribution in [2.45, 2.75) is 30.3 Å². The summed E-state index contributed by atoms with van der Waals surface area (Å²) in [6.07, 6.45) is 1.10. The van der Waals surface area contributed by atoms with Crippen LogP contribution in [0.2, 0.25) is 0 Å². The van der Waals surface area contributed by atoms with Crippen molar-refractivity contribution in [1.82, 2.24) is 9.62 Å². The van der Waals surface area contributed by atoms with Gasteiger partial charge in [-0.25, -0.2) is 8.42 Å². The van der Waals surface area contributed by atoms with Crippen LogP contribution in [0.5, 0.6) is 0 Å². The number of carbonyl (C=O) groups is 2. The predicted octanol–water partition coefficient (Wildman–Crippen LogP) is 1.50. The highest BCUT2D eigenvalue weighted by molar-refractivity contribution is 7.89. The van der Waals surface area contributed by atoms with Gasteiger partial charge in [0.2, 0.25) is 21.8 Å². The maximum Gasteiger partial charge on any atom is 0.245 e. The zero-order valence-electron chi connectivity index (χ0n) is 15.2. The van der Waals surface area contributed by atoms with Gasteiger partial charge in [-0.15, -0.1) is 0 Å². The Morgan fingerprint density at radius 2 is 1.79 bits per heavy atom. The van der Waals surface area contributed by atoms with Crippen molar-refractivity contribution in [3.05, 3.63) is 60.2 Å². The van der Waals surface area contributed by atoms with Crippen LogP contribution in [0.1, 0.15) is 18.4 Å². The first-order valence-corrected chi connectivity index (χ1v) is 10.7. The van der Waals surface area contributed by atoms with E-state index in [1.807, 2.05) is 30.3 Å². The largest absolute Gasteiger partial charge is 0.350 e. The molecule has 2 amide bonds. The van der Waals surface area contributed by atoms with E-state index in [4.69, 9.17) is 0 Å². The van der Waals surface area contributed by atoms with Crippen LogP contribution in [0.4, 0.5) is 5.69 Å². The van der Waals surface area contributed by atoms with Crippen molar-refractivity contribution < 1.29 is 18.0 Å². The first-order valence-electron chi connectivity index (χ1n) is 9.21. The minimum Gasteiger partial charge on any atom is -0.350 e. The number of nitrogens with zero attached hydrogens (tertiary/aromatic N) is 2. The van der Waals surface area contributed by atoms with E-state index in [2.05, 4.69) is 5.32 Å². The first-order chi connectivity index (χ1) is 13.5. The Morgan fingerprint density at radius 3 is 2.57 bits per heavy atom. The number of amides is 2. The molecule has 2 aliphatic rings. The van der Waals surface area contributed by atoms with Gasteiger partial charge in [0.25, 0.3) is 0 Å². The van der Waals surface area contributed by atoms with Gasteiger partial charge in [0.15, 0.2) is 0 Å². The summed E-state index contributed by atoms with van der Waals surface area (Å²) in [5.41, 5.74) is 1.21. The first kappa shape index (κ1) is 18.6. The van der Waals surface area contributed by atoms with E-state index in [9.17, 15) is 18.0 Å². The molecule has 2 heterocycles. The lowest BCUT2D eigenvalue weighted by Crippen LogP contribution is -2.48. The van der Waals surface area contributed by atoms with Crippen LogP contribution in [-0.2, 0) is 26.2 Å². The van der Waals surface area contributed by atoms with Crippen molar-refractivity contribution in [2.75, 3.05) is 18.0 Å². The van der Waals surface area contributed by atoms with E-state index in [1.165, 1.54) is 15.3 Å². The lowest BCUT2D eigenvalue weighted by Gasteiger charge is -2.24. The molecule has 0 radical (unpaired) electrons. The van der Waals surface area contributed by atoms with Gasteiger partial charge in [0.05, 0.1) is 5.69 Å². The molecule has 2 aromatic rings. The number of hydrogen-bond donors (Lipinski definition) is 1. The highest BCUT2D eigenvalue weighted by Gasteiger charge is 2.46. The number of para-hydroxylation sites is 1. The second-order valence-corrected chi connectivity index (χ2v) is 8.79. The number of anilines is 1. The molecule has 146 valence electrons. The van der Waals surface area contributed by atoms with E-state index >= 15 is 0 Å². The number of hydrogen-bond acceptors (Lipinski definition) is 4. The van der Waals surface area contributed by atoms with E-state index < -0.39 is 16.1 Å². The third-order valence-electron chi connectivity index (χ3n) is 5.13. The fourth-order valence-corrected chi connectivity index (χ4v) is 5.60. The quantitative estimate of drug-likeness (QED) is 0.844. The summed E-state index contributed by atoms with van der Waals surface area (Å²) in [7, 11) is -3.77. The van der Waals surface area contributed by atoms with Crippen molar-refractivity contribution in [1.29, 1.82) is 0 Å². The molecule has 2 aromatic carbocycles. The number of carbonyl (C=O) groups excluding carboxylic acids is 2. The summed E-state index contributed by atoms with van der Waals surface area (Å²) in [5, 5.41) is 2.80. The Kier molecular flexibility index (Phi) is 4.91. The zero-order chi connectivity index (χ0) is 19.7. The molecule has 2 aliphatic heterocycles. The van der Waals surface area contributed by atoms with E-state index in [-0.39, 0.29) is 28.9 Å². The maximum atomic E-state index is 13.1. The van der Waals surface area contributed by atoms with Gasteiger partial charge in [-0.05, 0) is 30.5 Å². The molecule has 8 heteroatoms. The average Bonchev–Trinajstić information content (AvgIpc) is 3.19. The molecule has 0 aliphatic carbocycles. The summed E-state index contributed by atoms with van der Waals surface area (Å²) in [6.45, 7) is 0.445. The highest BCUT2D eigenvalue weighted by atomic mass is 32.2. The lowest BCUT2D eigenvalue weighted by molar-refractivity contribution is -0.125. The maximum absolute atomic E-state index is 13.1. The fourth-order valence-electron chi connectivity index (χ4n) is 3.76.